The third kappa shape index (κ3) is 1.07. The summed E-state index contributed by atoms with van der Waals surface area (Å²) in [5.74, 6) is 0. The number of aryl methyl sites for hydroxylation is 2. The highest BCUT2D eigenvalue weighted by Gasteiger charge is 2.24. The van der Waals surface area contributed by atoms with Crippen molar-refractivity contribution in [3.8, 4) is 0 Å². The molecule has 0 saturated heterocycles. The van der Waals surface area contributed by atoms with Gasteiger partial charge in [0.05, 0.1) is 0 Å². The molecule has 0 spiro atoms. The molecule has 1 fully saturated rings. The Morgan fingerprint density at radius 3 is 2.86 bits per heavy atom. The van der Waals surface area contributed by atoms with E-state index in [1.54, 1.807) is 0 Å². The molecule has 72 valence electrons. The van der Waals surface area contributed by atoms with Gasteiger partial charge in [-0.15, -0.1) is 0 Å². The molecule has 0 amide bonds. The van der Waals surface area contributed by atoms with Crippen molar-refractivity contribution in [3.63, 3.8) is 0 Å². The minimum absolute atomic E-state index is 0.724. The second-order valence-corrected chi connectivity index (χ2v) is 4.26. The number of hydrogen-bond acceptors (Lipinski definition) is 1. The van der Waals surface area contributed by atoms with Crippen LogP contribution in [0.5, 0.6) is 0 Å². The summed E-state index contributed by atoms with van der Waals surface area (Å²) in [7, 11) is 0. The van der Waals surface area contributed by atoms with Crippen LogP contribution in [0.1, 0.15) is 30.1 Å². The Hall–Kier alpha value is -1.31. The van der Waals surface area contributed by atoms with E-state index >= 15 is 0 Å². The fourth-order valence-electron chi connectivity index (χ4n) is 1.92. The van der Waals surface area contributed by atoms with Crippen molar-refractivity contribution in [3.05, 3.63) is 29.6 Å². The predicted octanol–water partition coefficient (Wildman–Crippen LogP) is 2.99. The normalized spacial score (nSPS) is 16.4. The van der Waals surface area contributed by atoms with Crippen molar-refractivity contribution in [2.45, 2.75) is 32.7 Å². The smallest absolute Gasteiger partial charge is 0.140 e. The number of rotatable bonds is 1. The highest BCUT2D eigenvalue weighted by molar-refractivity contribution is 5.77. The van der Waals surface area contributed by atoms with Gasteiger partial charge in [0.1, 0.15) is 5.65 Å². The van der Waals surface area contributed by atoms with Crippen molar-refractivity contribution in [2.75, 3.05) is 0 Å². The fraction of sp³-hybridized carbons (Fsp3) is 0.417. The minimum Gasteiger partial charge on any atom is -0.329 e. The minimum atomic E-state index is 0.724. The van der Waals surface area contributed by atoms with Gasteiger partial charge in [0.2, 0.25) is 0 Å². The SMILES string of the molecule is Cc1cc2ccn(C3CC3)c2nc1C. The third-order valence-corrected chi connectivity index (χ3v) is 3.07. The average Bonchev–Trinajstić information content (AvgIpc) is 2.91. The molecule has 0 atom stereocenters. The summed E-state index contributed by atoms with van der Waals surface area (Å²) in [6, 6.07) is 5.13. The lowest BCUT2D eigenvalue weighted by Gasteiger charge is -2.04. The Bertz CT molecular complexity index is 492. The van der Waals surface area contributed by atoms with E-state index in [4.69, 9.17) is 0 Å². The molecule has 3 rings (SSSR count). The van der Waals surface area contributed by atoms with E-state index in [1.807, 2.05) is 0 Å². The third-order valence-electron chi connectivity index (χ3n) is 3.07. The van der Waals surface area contributed by atoms with Crippen LogP contribution in [0.4, 0.5) is 0 Å². The molecule has 2 heteroatoms. The molecule has 0 N–H and O–H groups in total. The maximum atomic E-state index is 4.66. The molecule has 1 aliphatic carbocycles. The van der Waals surface area contributed by atoms with Crippen LogP contribution in [0.15, 0.2) is 18.3 Å². The first-order chi connectivity index (χ1) is 6.75. The maximum absolute atomic E-state index is 4.66. The quantitative estimate of drug-likeness (QED) is 0.669. The van der Waals surface area contributed by atoms with Crippen molar-refractivity contribution in [2.24, 2.45) is 0 Å². The maximum Gasteiger partial charge on any atom is 0.140 e. The molecule has 1 aliphatic rings. The molecule has 2 heterocycles. The van der Waals surface area contributed by atoms with E-state index in [9.17, 15) is 0 Å². The van der Waals surface area contributed by atoms with Crippen LogP contribution < -0.4 is 0 Å². The molecule has 0 aromatic carbocycles. The summed E-state index contributed by atoms with van der Waals surface area (Å²) < 4.78 is 2.32. The van der Waals surface area contributed by atoms with Crippen LogP contribution in [0.25, 0.3) is 11.0 Å². The van der Waals surface area contributed by atoms with Crippen molar-refractivity contribution < 1.29 is 0 Å². The molecule has 2 aromatic heterocycles. The lowest BCUT2D eigenvalue weighted by molar-refractivity contribution is 0.765. The average molecular weight is 186 g/mol. The summed E-state index contributed by atoms with van der Waals surface area (Å²) in [6.45, 7) is 4.20. The van der Waals surface area contributed by atoms with E-state index < -0.39 is 0 Å². The zero-order chi connectivity index (χ0) is 9.71. The van der Waals surface area contributed by atoms with Crippen LogP contribution >= 0.6 is 0 Å². The van der Waals surface area contributed by atoms with Crippen LogP contribution in [0.2, 0.25) is 0 Å². The van der Waals surface area contributed by atoms with Crippen LogP contribution in [-0.4, -0.2) is 9.55 Å². The lowest BCUT2D eigenvalue weighted by atomic mass is 10.2. The summed E-state index contributed by atoms with van der Waals surface area (Å²) in [5, 5.41) is 1.28. The summed E-state index contributed by atoms with van der Waals surface area (Å²) in [5.41, 5.74) is 3.60. The summed E-state index contributed by atoms with van der Waals surface area (Å²) in [6.07, 6.45) is 4.81. The Morgan fingerprint density at radius 1 is 1.36 bits per heavy atom. The second-order valence-electron chi connectivity index (χ2n) is 4.26. The summed E-state index contributed by atoms with van der Waals surface area (Å²) in [4.78, 5) is 4.66. The van der Waals surface area contributed by atoms with Gasteiger partial charge in [-0.3, -0.25) is 0 Å². The molecular weight excluding hydrogens is 172 g/mol. The standard InChI is InChI=1S/C12H14N2/c1-8-7-10-5-6-14(11-3-4-11)12(10)13-9(8)2/h5-7,11H,3-4H2,1-2H3. The number of pyridine rings is 1. The van der Waals surface area contributed by atoms with Gasteiger partial charge in [0, 0.05) is 23.3 Å². The zero-order valence-electron chi connectivity index (χ0n) is 8.62. The molecular formula is C12H14N2. The van der Waals surface area contributed by atoms with Gasteiger partial charge in [-0.05, 0) is 44.4 Å². The highest BCUT2D eigenvalue weighted by Crippen LogP contribution is 2.37. The predicted molar refractivity (Wildman–Crippen MR) is 57.5 cm³/mol. The summed E-state index contributed by atoms with van der Waals surface area (Å²) >= 11 is 0. The zero-order valence-corrected chi connectivity index (χ0v) is 8.62. The first kappa shape index (κ1) is 8.04. The molecule has 2 nitrogen and oxygen atoms in total. The van der Waals surface area contributed by atoms with E-state index in [0.717, 1.165) is 17.4 Å². The van der Waals surface area contributed by atoms with E-state index in [2.05, 4.69) is 41.7 Å². The molecule has 1 saturated carbocycles. The number of hydrogen-bond donors (Lipinski definition) is 0. The Balaban J connectivity index is 2.29. The first-order valence-corrected chi connectivity index (χ1v) is 5.20. The Labute approximate surface area is 83.6 Å². The highest BCUT2D eigenvalue weighted by atomic mass is 15.1. The van der Waals surface area contributed by atoms with Gasteiger partial charge in [-0.1, -0.05) is 0 Å². The van der Waals surface area contributed by atoms with Gasteiger partial charge < -0.3 is 4.57 Å². The molecule has 0 unspecified atom stereocenters. The van der Waals surface area contributed by atoms with Crippen LogP contribution in [-0.2, 0) is 0 Å². The van der Waals surface area contributed by atoms with Gasteiger partial charge in [0.15, 0.2) is 0 Å². The van der Waals surface area contributed by atoms with E-state index in [1.165, 1.54) is 23.8 Å². The van der Waals surface area contributed by atoms with E-state index in [0.29, 0.717) is 0 Å². The monoisotopic (exact) mass is 186 g/mol. The Morgan fingerprint density at radius 2 is 2.14 bits per heavy atom. The first-order valence-electron chi connectivity index (χ1n) is 5.20. The largest absolute Gasteiger partial charge is 0.329 e. The van der Waals surface area contributed by atoms with Crippen molar-refractivity contribution in [1.82, 2.24) is 9.55 Å². The lowest BCUT2D eigenvalue weighted by Crippen LogP contribution is -1.95. The van der Waals surface area contributed by atoms with Gasteiger partial charge in [-0.2, -0.15) is 0 Å². The number of fused-ring (bicyclic) bond motifs is 1. The van der Waals surface area contributed by atoms with E-state index in [-0.39, 0.29) is 0 Å². The van der Waals surface area contributed by atoms with Crippen molar-refractivity contribution >= 4 is 11.0 Å². The van der Waals surface area contributed by atoms with Gasteiger partial charge in [-0.25, -0.2) is 4.98 Å². The van der Waals surface area contributed by atoms with Crippen LogP contribution in [0.3, 0.4) is 0 Å². The molecule has 2 aromatic rings. The van der Waals surface area contributed by atoms with Gasteiger partial charge in [0.25, 0.3) is 0 Å². The second kappa shape index (κ2) is 2.59. The topological polar surface area (TPSA) is 17.8 Å². The number of nitrogens with zero attached hydrogens (tertiary/aromatic N) is 2. The fourth-order valence-corrected chi connectivity index (χ4v) is 1.92. The Kier molecular flexibility index (Phi) is 1.49. The molecule has 14 heavy (non-hydrogen) atoms. The molecule has 0 radical (unpaired) electrons. The number of aromatic nitrogens is 2. The van der Waals surface area contributed by atoms with Crippen LogP contribution in [0, 0.1) is 13.8 Å². The van der Waals surface area contributed by atoms with Gasteiger partial charge >= 0.3 is 0 Å². The van der Waals surface area contributed by atoms with Crippen molar-refractivity contribution in [1.29, 1.82) is 0 Å². The molecule has 0 aliphatic heterocycles. The molecule has 0 bridgehead atoms.